The number of halogens is 1. The van der Waals surface area contributed by atoms with Gasteiger partial charge in [-0.2, -0.15) is 4.98 Å². The molecule has 38 heavy (non-hydrogen) atoms. The molecule has 1 heterocycles. The predicted molar refractivity (Wildman–Crippen MR) is 150 cm³/mol. The van der Waals surface area contributed by atoms with Gasteiger partial charge in [-0.05, 0) is 72.4 Å². The summed E-state index contributed by atoms with van der Waals surface area (Å²) >= 11 is 0. The van der Waals surface area contributed by atoms with Crippen LogP contribution in [-0.2, 0) is 11.2 Å². The average molecular weight is 521 g/mol. The van der Waals surface area contributed by atoms with Gasteiger partial charge in [0.15, 0.2) is 0 Å². The fourth-order valence-corrected chi connectivity index (χ4v) is 3.65. The molecular weight excluding hydrogens is 483 g/mol. The van der Waals surface area contributed by atoms with Gasteiger partial charge in [0.1, 0.15) is 5.82 Å². The lowest BCUT2D eigenvalue weighted by Gasteiger charge is -2.11. The van der Waals surface area contributed by atoms with Crippen LogP contribution >= 0.6 is 0 Å². The van der Waals surface area contributed by atoms with E-state index in [-0.39, 0.29) is 5.82 Å². The molecule has 0 fully saturated rings. The van der Waals surface area contributed by atoms with Crippen LogP contribution in [0.5, 0.6) is 0 Å². The Labute approximate surface area is 224 Å². The van der Waals surface area contributed by atoms with Gasteiger partial charge in [0, 0.05) is 24.8 Å². The highest BCUT2D eigenvalue weighted by molar-refractivity contribution is 5.88. The molecule has 0 saturated carbocycles. The molecule has 0 radical (unpaired) electrons. The summed E-state index contributed by atoms with van der Waals surface area (Å²) in [4.78, 5) is 15.4. The molecule has 1 aromatic heterocycles. The molecule has 4 aromatic rings. The summed E-state index contributed by atoms with van der Waals surface area (Å²) in [7, 11) is 1.71. The van der Waals surface area contributed by atoms with E-state index in [1.807, 2.05) is 30.3 Å². The number of benzene rings is 3. The Kier molecular flexibility index (Phi) is 12.3. The Morgan fingerprint density at radius 3 is 2.21 bits per heavy atom. The minimum Gasteiger partial charge on any atom is -0.478 e. The normalized spacial score (nSPS) is 10.2. The van der Waals surface area contributed by atoms with Crippen molar-refractivity contribution < 1.29 is 23.6 Å². The highest BCUT2D eigenvalue weighted by atomic mass is 19.1. The van der Waals surface area contributed by atoms with Gasteiger partial charge in [-0.1, -0.05) is 69.6 Å². The summed E-state index contributed by atoms with van der Waals surface area (Å²) in [6.07, 6.45) is 3.21. The largest absolute Gasteiger partial charge is 0.478 e. The Bertz CT molecular complexity index is 1310. The molecule has 0 amide bonds. The van der Waals surface area contributed by atoms with E-state index in [4.69, 9.17) is 14.4 Å². The Balaban J connectivity index is 0.000000559. The van der Waals surface area contributed by atoms with Gasteiger partial charge in [0.05, 0.1) is 5.56 Å². The topological polar surface area (TPSA) is 85.5 Å². The third-order valence-corrected chi connectivity index (χ3v) is 5.46. The van der Waals surface area contributed by atoms with Crippen LogP contribution in [0.2, 0.25) is 0 Å². The van der Waals surface area contributed by atoms with Crippen molar-refractivity contribution in [2.45, 2.75) is 53.9 Å². The molecule has 0 saturated heterocycles. The van der Waals surface area contributed by atoms with Crippen molar-refractivity contribution in [3.8, 4) is 34.0 Å². The lowest BCUT2D eigenvalue weighted by molar-refractivity contribution is 0.0692. The van der Waals surface area contributed by atoms with Crippen LogP contribution in [0.15, 0.2) is 65.2 Å². The number of methoxy groups -OCH3 is 1. The Morgan fingerprint density at radius 2 is 1.66 bits per heavy atom. The number of nitrogens with zero attached hydrogens (tertiary/aromatic N) is 2. The number of ether oxygens (including phenoxy) is 1. The molecule has 202 valence electrons. The van der Waals surface area contributed by atoms with Gasteiger partial charge >= 0.3 is 5.97 Å². The molecule has 0 atom stereocenters. The van der Waals surface area contributed by atoms with Crippen molar-refractivity contribution in [1.82, 2.24) is 10.1 Å². The van der Waals surface area contributed by atoms with Crippen LogP contribution in [0.3, 0.4) is 0 Å². The van der Waals surface area contributed by atoms with E-state index in [0.717, 1.165) is 42.2 Å². The van der Waals surface area contributed by atoms with Crippen molar-refractivity contribution in [1.29, 1.82) is 0 Å². The standard InChI is InChI=1S/C24H19FN2O3.C4H10O.C3H8/c1-3-15-12-17(9-10-19(15)18-7-5-4-6-14(18)2)23-26-22(27-30-23)16-8-11-20(24(28)29)21(25)13-16;1-3-4-5-2;1-3-2/h4-13H,3H2,1-2H3,(H,28,29);3-4H2,1-2H3;3H2,1-2H3. The second-order valence-electron chi connectivity index (χ2n) is 8.66. The van der Waals surface area contributed by atoms with E-state index in [9.17, 15) is 9.18 Å². The lowest BCUT2D eigenvalue weighted by atomic mass is 9.93. The first-order valence-electron chi connectivity index (χ1n) is 12.9. The van der Waals surface area contributed by atoms with E-state index in [0.29, 0.717) is 11.5 Å². The predicted octanol–water partition coefficient (Wildman–Crippen LogP) is 8.24. The molecule has 4 rings (SSSR count). The number of aromatic carboxylic acids is 1. The number of carbonyl (C=O) groups is 1. The number of carboxylic acids is 1. The molecule has 0 spiro atoms. The summed E-state index contributed by atoms with van der Waals surface area (Å²) in [6.45, 7) is 11.4. The Morgan fingerprint density at radius 1 is 0.974 bits per heavy atom. The molecule has 6 nitrogen and oxygen atoms in total. The summed E-state index contributed by atoms with van der Waals surface area (Å²) in [6, 6.07) is 18.0. The highest BCUT2D eigenvalue weighted by Crippen LogP contribution is 2.31. The van der Waals surface area contributed by atoms with Crippen molar-refractivity contribution >= 4 is 5.97 Å². The molecule has 0 unspecified atom stereocenters. The number of carboxylic acid groups (broad SMARTS) is 1. The maximum Gasteiger partial charge on any atom is 0.338 e. The quantitative estimate of drug-likeness (QED) is 0.264. The second-order valence-corrected chi connectivity index (χ2v) is 8.66. The van der Waals surface area contributed by atoms with E-state index in [2.05, 4.69) is 56.9 Å². The van der Waals surface area contributed by atoms with Crippen LogP contribution in [0.25, 0.3) is 34.0 Å². The molecular formula is C31H37FN2O4. The first-order chi connectivity index (χ1) is 18.3. The highest BCUT2D eigenvalue weighted by Gasteiger charge is 2.16. The number of rotatable bonds is 7. The van der Waals surface area contributed by atoms with Gasteiger partial charge in [0.2, 0.25) is 5.82 Å². The monoisotopic (exact) mass is 520 g/mol. The van der Waals surface area contributed by atoms with Crippen LogP contribution in [0.1, 0.15) is 62.0 Å². The zero-order valence-corrected chi connectivity index (χ0v) is 23.0. The molecule has 0 bridgehead atoms. The minimum atomic E-state index is -1.33. The van der Waals surface area contributed by atoms with Crippen LogP contribution in [0, 0.1) is 12.7 Å². The van der Waals surface area contributed by atoms with E-state index >= 15 is 0 Å². The zero-order chi connectivity index (χ0) is 28.1. The zero-order valence-electron chi connectivity index (χ0n) is 23.0. The molecule has 3 aromatic carbocycles. The van der Waals surface area contributed by atoms with E-state index in [1.165, 1.54) is 29.7 Å². The molecule has 0 aliphatic heterocycles. The average Bonchev–Trinajstić information content (AvgIpc) is 3.40. The fourth-order valence-electron chi connectivity index (χ4n) is 3.65. The summed E-state index contributed by atoms with van der Waals surface area (Å²) in [5, 5.41) is 12.9. The maximum atomic E-state index is 14.0. The van der Waals surface area contributed by atoms with Crippen molar-refractivity contribution in [2.24, 2.45) is 0 Å². The number of aryl methyl sites for hydroxylation is 2. The summed E-state index contributed by atoms with van der Waals surface area (Å²) < 4.78 is 24.1. The van der Waals surface area contributed by atoms with Crippen molar-refractivity contribution in [3.05, 3.63) is 83.2 Å². The number of hydrogen-bond donors (Lipinski definition) is 1. The third kappa shape index (κ3) is 8.08. The number of hydrogen-bond acceptors (Lipinski definition) is 5. The van der Waals surface area contributed by atoms with Gasteiger partial charge in [0.25, 0.3) is 5.89 Å². The van der Waals surface area contributed by atoms with Crippen molar-refractivity contribution in [3.63, 3.8) is 0 Å². The first kappa shape index (κ1) is 30.4. The SMILES string of the molecule is CCC.CCCOC.CCc1cc(-c2nc(-c3ccc(C(=O)O)c(F)c3)no2)ccc1-c1ccccc1C. The van der Waals surface area contributed by atoms with Crippen molar-refractivity contribution in [2.75, 3.05) is 13.7 Å². The van der Waals surface area contributed by atoms with E-state index in [1.54, 1.807) is 7.11 Å². The van der Waals surface area contributed by atoms with Crippen LogP contribution in [-0.4, -0.2) is 34.9 Å². The minimum absolute atomic E-state index is 0.196. The van der Waals surface area contributed by atoms with Crippen LogP contribution in [0.4, 0.5) is 4.39 Å². The molecule has 1 N–H and O–H groups in total. The number of aromatic nitrogens is 2. The fraction of sp³-hybridized carbons (Fsp3) is 0.323. The van der Waals surface area contributed by atoms with Gasteiger partial charge in [-0.15, -0.1) is 0 Å². The summed E-state index contributed by atoms with van der Waals surface area (Å²) in [5.74, 6) is -1.66. The molecule has 7 heteroatoms. The smallest absolute Gasteiger partial charge is 0.338 e. The Hall–Kier alpha value is -3.84. The van der Waals surface area contributed by atoms with Gasteiger partial charge < -0.3 is 14.4 Å². The van der Waals surface area contributed by atoms with Crippen LogP contribution < -0.4 is 0 Å². The molecule has 0 aliphatic rings. The van der Waals surface area contributed by atoms with Gasteiger partial charge in [-0.3, -0.25) is 0 Å². The maximum absolute atomic E-state index is 14.0. The van der Waals surface area contributed by atoms with Gasteiger partial charge in [-0.25, -0.2) is 9.18 Å². The second kappa shape index (κ2) is 15.4. The van der Waals surface area contributed by atoms with E-state index < -0.39 is 17.3 Å². The first-order valence-corrected chi connectivity index (χ1v) is 12.9. The third-order valence-electron chi connectivity index (χ3n) is 5.46. The summed E-state index contributed by atoms with van der Waals surface area (Å²) in [5.41, 5.74) is 5.41. The molecule has 0 aliphatic carbocycles. The lowest BCUT2D eigenvalue weighted by Crippen LogP contribution is -2.00.